The molecule has 6 aliphatic rings. The first-order valence-corrected chi connectivity index (χ1v) is 20.0. The smallest absolute Gasteiger partial charge is 0.0465 e. The Morgan fingerprint density at radius 1 is 0.580 bits per heavy atom. The van der Waals surface area contributed by atoms with E-state index in [4.69, 9.17) is 0 Å². The third kappa shape index (κ3) is 3.67. The van der Waals surface area contributed by atoms with Crippen molar-refractivity contribution in [2.75, 3.05) is 4.90 Å². The van der Waals surface area contributed by atoms with Crippen LogP contribution in [0.3, 0.4) is 0 Å². The summed E-state index contributed by atoms with van der Waals surface area (Å²) in [5.74, 6) is 3.41. The highest BCUT2D eigenvalue weighted by molar-refractivity contribution is 7.99. The van der Waals surface area contributed by atoms with Gasteiger partial charge in [0.15, 0.2) is 0 Å². The molecule has 0 saturated heterocycles. The van der Waals surface area contributed by atoms with Crippen molar-refractivity contribution in [3.8, 4) is 11.1 Å². The van der Waals surface area contributed by atoms with Crippen LogP contribution in [0.5, 0.6) is 0 Å². The van der Waals surface area contributed by atoms with E-state index in [-0.39, 0.29) is 16.2 Å². The van der Waals surface area contributed by atoms with Crippen LogP contribution in [-0.2, 0) is 16.2 Å². The Morgan fingerprint density at radius 3 is 2.02 bits per heavy atom. The second-order valence-electron chi connectivity index (χ2n) is 18.1. The molecule has 5 aliphatic carbocycles. The summed E-state index contributed by atoms with van der Waals surface area (Å²) in [6, 6.07) is 44.6. The van der Waals surface area contributed by atoms with Crippen LogP contribution in [0.15, 0.2) is 125 Å². The van der Waals surface area contributed by atoms with Gasteiger partial charge >= 0.3 is 0 Å². The third-order valence-electron chi connectivity index (χ3n) is 15.0. The number of hydrogen-bond acceptors (Lipinski definition) is 2. The van der Waals surface area contributed by atoms with Crippen molar-refractivity contribution < 1.29 is 0 Å². The Morgan fingerprint density at radius 2 is 1.26 bits per heavy atom. The molecule has 1 nitrogen and oxygen atoms in total. The zero-order valence-electron chi connectivity index (χ0n) is 29.9. The maximum atomic E-state index is 2.66. The zero-order chi connectivity index (χ0) is 33.6. The van der Waals surface area contributed by atoms with E-state index >= 15 is 0 Å². The number of benzene rings is 5. The van der Waals surface area contributed by atoms with E-state index in [2.05, 4.69) is 148 Å². The van der Waals surface area contributed by atoms with E-state index < -0.39 is 0 Å². The second kappa shape index (κ2) is 9.97. The lowest BCUT2D eigenvalue weighted by Gasteiger charge is -2.78. The fourth-order valence-electron chi connectivity index (χ4n) is 12.9. The standard InChI is InChI=1S/C48H47NS/c1-45(2)22-23-46(3,4)39-27-34(18-20-37(39)45)49(33-14-9-6-10-15-33)35-19-21-41-40(28-35)48(42-25-30-24-32-26-43(48)47(32,42)29-30)38-17-11-16-36(44(38)50-41)31-12-7-5-8-13-31/h5-21,27-28,30,32,42-43H,22-26,29H2,1-4H3. The van der Waals surface area contributed by atoms with Gasteiger partial charge in [0.1, 0.15) is 0 Å². The minimum Gasteiger partial charge on any atom is -0.310 e. The van der Waals surface area contributed by atoms with E-state index in [0.29, 0.717) is 5.41 Å². The van der Waals surface area contributed by atoms with Gasteiger partial charge in [0.05, 0.1) is 0 Å². The molecule has 2 spiro atoms. The molecular weight excluding hydrogens is 623 g/mol. The molecule has 11 rings (SSSR count). The summed E-state index contributed by atoms with van der Waals surface area (Å²) in [5.41, 5.74) is 13.9. The zero-order valence-corrected chi connectivity index (χ0v) is 30.7. The molecule has 0 amide bonds. The third-order valence-corrected chi connectivity index (χ3v) is 16.3. The van der Waals surface area contributed by atoms with Gasteiger partial charge in [0, 0.05) is 32.3 Å². The normalized spacial score (nSPS) is 31.1. The van der Waals surface area contributed by atoms with E-state index in [9.17, 15) is 0 Å². The summed E-state index contributed by atoms with van der Waals surface area (Å²) in [5, 5.41) is 0. The Kier molecular flexibility index (Phi) is 5.97. The van der Waals surface area contributed by atoms with Crippen molar-refractivity contribution in [1.82, 2.24) is 0 Å². The maximum Gasteiger partial charge on any atom is 0.0465 e. The maximum absolute atomic E-state index is 2.66. The van der Waals surface area contributed by atoms with Gasteiger partial charge in [-0.2, -0.15) is 0 Å². The topological polar surface area (TPSA) is 3.24 Å². The van der Waals surface area contributed by atoms with E-state index in [1.165, 1.54) is 87.6 Å². The molecule has 50 heavy (non-hydrogen) atoms. The molecule has 4 fully saturated rings. The molecule has 2 bridgehead atoms. The van der Waals surface area contributed by atoms with Crippen molar-refractivity contribution in [2.24, 2.45) is 29.1 Å². The van der Waals surface area contributed by atoms with Gasteiger partial charge in [-0.15, -0.1) is 0 Å². The number of para-hydroxylation sites is 1. The van der Waals surface area contributed by atoms with Gasteiger partial charge in [-0.1, -0.05) is 112 Å². The van der Waals surface area contributed by atoms with Crippen LogP contribution < -0.4 is 4.90 Å². The first kappa shape index (κ1) is 29.9. The molecule has 250 valence electrons. The predicted molar refractivity (Wildman–Crippen MR) is 208 cm³/mol. The SMILES string of the molecule is CC1(C)CCC(C)(C)c2cc(N(c3ccccc3)c3ccc4c(c3)C3(c5cccc(-c6ccccc6)c5S4)C4CC5CC6CC3C64C5)ccc21. The molecular formula is C48H47NS. The molecule has 2 heteroatoms. The Bertz CT molecular complexity index is 2200. The lowest BCUT2D eigenvalue weighted by atomic mass is 9.26. The van der Waals surface area contributed by atoms with Crippen molar-refractivity contribution >= 4 is 28.8 Å². The molecule has 1 aliphatic heterocycles. The van der Waals surface area contributed by atoms with Gasteiger partial charge in [-0.25, -0.2) is 0 Å². The first-order valence-electron chi connectivity index (χ1n) is 19.2. The van der Waals surface area contributed by atoms with Crippen molar-refractivity contribution in [2.45, 2.75) is 92.3 Å². The predicted octanol–water partition coefficient (Wildman–Crippen LogP) is 13.0. The Balaban J connectivity index is 1.12. The van der Waals surface area contributed by atoms with Crippen LogP contribution in [0.4, 0.5) is 17.1 Å². The fraction of sp³-hybridized carbons (Fsp3) is 0.375. The van der Waals surface area contributed by atoms with Gasteiger partial charge in [-0.3, -0.25) is 0 Å². The van der Waals surface area contributed by atoms with E-state index in [1.807, 2.05) is 11.8 Å². The highest BCUT2D eigenvalue weighted by atomic mass is 32.2. The Labute approximate surface area is 302 Å². The van der Waals surface area contributed by atoms with Crippen LogP contribution in [-0.4, -0.2) is 0 Å². The summed E-state index contributed by atoms with van der Waals surface area (Å²) in [7, 11) is 0. The highest BCUT2D eigenvalue weighted by Gasteiger charge is 2.84. The molecule has 1 heterocycles. The monoisotopic (exact) mass is 669 g/mol. The van der Waals surface area contributed by atoms with Crippen molar-refractivity contribution in [3.63, 3.8) is 0 Å². The number of fused-ring (bicyclic) bond motifs is 8. The average Bonchev–Trinajstić information content (AvgIpc) is 3.66. The fourth-order valence-corrected chi connectivity index (χ4v) is 14.2. The molecule has 0 aromatic heterocycles. The number of nitrogens with zero attached hydrogens (tertiary/aromatic N) is 1. The average molecular weight is 670 g/mol. The molecule has 5 aromatic carbocycles. The van der Waals surface area contributed by atoms with Crippen LogP contribution in [0.2, 0.25) is 0 Å². The minimum atomic E-state index is 0.104. The van der Waals surface area contributed by atoms with Crippen LogP contribution in [0, 0.1) is 29.1 Å². The number of hydrogen-bond donors (Lipinski definition) is 0. The summed E-state index contributed by atoms with van der Waals surface area (Å²) in [6.07, 6.45) is 8.26. The van der Waals surface area contributed by atoms with Gasteiger partial charge in [0.2, 0.25) is 0 Å². The quantitative estimate of drug-likeness (QED) is 0.187. The minimum absolute atomic E-state index is 0.104. The van der Waals surface area contributed by atoms with Crippen LogP contribution in [0.1, 0.15) is 88.5 Å². The summed E-state index contributed by atoms with van der Waals surface area (Å²) >= 11 is 2.04. The highest BCUT2D eigenvalue weighted by Crippen LogP contribution is 2.89. The van der Waals surface area contributed by atoms with Crippen LogP contribution in [0.25, 0.3) is 11.1 Å². The van der Waals surface area contributed by atoms with E-state index in [0.717, 1.165) is 23.7 Å². The molecule has 6 unspecified atom stereocenters. The number of anilines is 3. The molecule has 5 aromatic rings. The van der Waals surface area contributed by atoms with Crippen molar-refractivity contribution in [3.05, 3.63) is 138 Å². The lowest BCUT2D eigenvalue weighted by Crippen LogP contribution is -2.74. The number of rotatable bonds is 4. The molecule has 0 radical (unpaired) electrons. The van der Waals surface area contributed by atoms with E-state index in [1.54, 1.807) is 11.1 Å². The van der Waals surface area contributed by atoms with Gasteiger partial charge < -0.3 is 4.90 Å². The second-order valence-corrected chi connectivity index (χ2v) is 19.1. The molecule has 0 N–H and O–H groups in total. The van der Waals surface area contributed by atoms with Crippen molar-refractivity contribution in [1.29, 1.82) is 0 Å². The van der Waals surface area contributed by atoms with Crippen LogP contribution >= 0.6 is 11.8 Å². The lowest BCUT2D eigenvalue weighted by molar-refractivity contribution is -0.235. The summed E-state index contributed by atoms with van der Waals surface area (Å²) in [6.45, 7) is 9.77. The van der Waals surface area contributed by atoms with Gasteiger partial charge in [0.25, 0.3) is 0 Å². The molecule has 6 atom stereocenters. The van der Waals surface area contributed by atoms with Gasteiger partial charge in [-0.05, 0) is 154 Å². The largest absolute Gasteiger partial charge is 0.310 e. The summed E-state index contributed by atoms with van der Waals surface area (Å²) < 4.78 is 0. The molecule has 4 saturated carbocycles. The first-order chi connectivity index (χ1) is 24.2. The summed E-state index contributed by atoms with van der Waals surface area (Å²) in [4.78, 5) is 5.55. The Hall–Kier alpha value is -3.75.